The van der Waals surface area contributed by atoms with E-state index in [9.17, 15) is 4.79 Å². The molecule has 2 rings (SSSR count). The number of carbonyl (C=O) groups excluding carboxylic acids is 1. The van der Waals surface area contributed by atoms with Crippen LogP contribution in [0.3, 0.4) is 0 Å². The number of nitrogens with one attached hydrogen (secondary N) is 1. The first-order valence-corrected chi connectivity index (χ1v) is 7.79. The van der Waals surface area contributed by atoms with Gasteiger partial charge in [-0.3, -0.25) is 9.79 Å². The smallest absolute Gasteiger partial charge is 0.241 e. The summed E-state index contributed by atoms with van der Waals surface area (Å²) in [6, 6.07) is 0. The standard InChI is InChI=1S/C13H23N3OS/c1-3-16(2)11(17)8-14-12-15-9-13(10-18-12)6-4-5-7-13/h3-10H2,1-2H3,(H,14,15). The molecule has 0 saturated heterocycles. The second-order valence-corrected chi connectivity index (χ2v) is 6.34. The second kappa shape index (κ2) is 5.95. The van der Waals surface area contributed by atoms with Gasteiger partial charge >= 0.3 is 0 Å². The van der Waals surface area contributed by atoms with Crippen molar-refractivity contribution in [2.24, 2.45) is 10.4 Å². The van der Waals surface area contributed by atoms with Gasteiger partial charge in [0.05, 0.1) is 6.54 Å². The molecule has 1 aliphatic carbocycles. The predicted octanol–water partition coefficient (Wildman–Crippen LogP) is 1.72. The highest BCUT2D eigenvalue weighted by Crippen LogP contribution is 2.43. The number of thioether (sulfide) groups is 1. The maximum absolute atomic E-state index is 11.7. The topological polar surface area (TPSA) is 44.7 Å². The third kappa shape index (κ3) is 3.19. The maximum Gasteiger partial charge on any atom is 0.241 e. The van der Waals surface area contributed by atoms with Crippen molar-refractivity contribution in [2.75, 3.05) is 32.4 Å². The molecule has 0 aromatic rings. The molecule has 0 aromatic heterocycles. The molecular formula is C13H23N3OS. The highest BCUT2D eigenvalue weighted by atomic mass is 32.2. The molecule has 0 bridgehead atoms. The number of likely N-dealkylation sites (N-methyl/N-ethyl adjacent to an activating group) is 1. The lowest BCUT2D eigenvalue weighted by atomic mass is 9.89. The molecule has 0 atom stereocenters. The SMILES string of the molecule is CCN(C)C(=O)CNC1=NCC2(CCCC2)CS1. The highest BCUT2D eigenvalue weighted by Gasteiger charge is 2.36. The van der Waals surface area contributed by atoms with E-state index in [1.807, 2.05) is 14.0 Å². The Balaban J connectivity index is 1.78. The third-order valence-corrected chi connectivity index (χ3v) is 5.33. The van der Waals surface area contributed by atoms with Gasteiger partial charge in [-0.25, -0.2) is 0 Å². The van der Waals surface area contributed by atoms with Crippen LogP contribution < -0.4 is 5.32 Å². The molecule has 1 aliphatic heterocycles. The van der Waals surface area contributed by atoms with Gasteiger partial charge in [-0.2, -0.15) is 0 Å². The normalized spacial score (nSPS) is 21.8. The molecule has 1 saturated carbocycles. The van der Waals surface area contributed by atoms with Gasteiger partial charge in [0.1, 0.15) is 0 Å². The Labute approximate surface area is 114 Å². The van der Waals surface area contributed by atoms with Crippen LogP contribution in [0.25, 0.3) is 0 Å². The molecule has 1 fully saturated rings. The minimum absolute atomic E-state index is 0.127. The fourth-order valence-corrected chi connectivity index (χ4v) is 3.70. The molecule has 4 nitrogen and oxygen atoms in total. The van der Waals surface area contributed by atoms with Crippen molar-refractivity contribution in [3.05, 3.63) is 0 Å². The lowest BCUT2D eigenvalue weighted by molar-refractivity contribution is -0.128. The van der Waals surface area contributed by atoms with E-state index in [1.54, 1.807) is 16.7 Å². The van der Waals surface area contributed by atoms with Crippen LogP contribution in [-0.2, 0) is 4.79 Å². The predicted molar refractivity (Wildman–Crippen MR) is 77.0 cm³/mol. The largest absolute Gasteiger partial charge is 0.356 e. The van der Waals surface area contributed by atoms with Crippen LogP contribution >= 0.6 is 11.8 Å². The minimum atomic E-state index is 0.127. The van der Waals surface area contributed by atoms with Crippen molar-refractivity contribution < 1.29 is 4.79 Å². The number of amidine groups is 1. The molecule has 1 N–H and O–H groups in total. The van der Waals surface area contributed by atoms with Gasteiger partial charge in [-0.15, -0.1) is 0 Å². The van der Waals surface area contributed by atoms with Gasteiger partial charge in [-0.1, -0.05) is 24.6 Å². The van der Waals surface area contributed by atoms with Gasteiger partial charge in [0, 0.05) is 25.9 Å². The zero-order valence-corrected chi connectivity index (χ0v) is 12.2. The van der Waals surface area contributed by atoms with Crippen LogP contribution in [0, 0.1) is 5.41 Å². The van der Waals surface area contributed by atoms with Crippen molar-refractivity contribution in [3.8, 4) is 0 Å². The summed E-state index contributed by atoms with van der Waals surface area (Å²) >= 11 is 1.79. The molecule has 0 aromatic carbocycles. The zero-order chi connectivity index (χ0) is 13.0. The van der Waals surface area contributed by atoms with Crippen LogP contribution in [0.2, 0.25) is 0 Å². The first kappa shape index (κ1) is 13.7. The molecule has 2 aliphatic rings. The summed E-state index contributed by atoms with van der Waals surface area (Å²) in [6.45, 7) is 4.04. The van der Waals surface area contributed by atoms with E-state index in [0.29, 0.717) is 12.0 Å². The summed E-state index contributed by atoms with van der Waals surface area (Å²) in [5, 5.41) is 4.11. The Morgan fingerprint density at radius 1 is 1.50 bits per heavy atom. The first-order chi connectivity index (χ1) is 8.65. The lowest BCUT2D eigenvalue weighted by Gasteiger charge is -2.31. The number of aliphatic imine (C=N–C) groups is 1. The molecule has 102 valence electrons. The Morgan fingerprint density at radius 3 is 2.78 bits per heavy atom. The first-order valence-electron chi connectivity index (χ1n) is 6.80. The van der Waals surface area contributed by atoms with Crippen LogP contribution in [0.5, 0.6) is 0 Å². The number of hydrogen-bond acceptors (Lipinski definition) is 4. The molecule has 1 heterocycles. The Kier molecular flexibility index (Phi) is 4.54. The fourth-order valence-electron chi connectivity index (χ4n) is 2.55. The van der Waals surface area contributed by atoms with Crippen LogP contribution in [-0.4, -0.2) is 48.4 Å². The summed E-state index contributed by atoms with van der Waals surface area (Å²) in [4.78, 5) is 18.0. The third-order valence-electron chi connectivity index (χ3n) is 4.03. The number of amides is 1. The highest BCUT2D eigenvalue weighted by molar-refractivity contribution is 8.13. The van der Waals surface area contributed by atoms with Gasteiger partial charge in [0.15, 0.2) is 5.17 Å². The fraction of sp³-hybridized carbons (Fsp3) is 0.846. The monoisotopic (exact) mass is 269 g/mol. The molecule has 0 radical (unpaired) electrons. The molecular weight excluding hydrogens is 246 g/mol. The van der Waals surface area contributed by atoms with Crippen molar-refractivity contribution in [3.63, 3.8) is 0 Å². The van der Waals surface area contributed by atoms with E-state index in [1.165, 1.54) is 25.7 Å². The Hall–Kier alpha value is -0.710. The van der Waals surface area contributed by atoms with Crippen molar-refractivity contribution in [1.82, 2.24) is 10.2 Å². The molecule has 5 heteroatoms. The summed E-state index contributed by atoms with van der Waals surface area (Å²) < 4.78 is 0. The number of carbonyl (C=O) groups is 1. The van der Waals surface area contributed by atoms with Gasteiger partial charge in [0.2, 0.25) is 5.91 Å². The van der Waals surface area contributed by atoms with E-state index >= 15 is 0 Å². The second-order valence-electron chi connectivity index (χ2n) is 5.38. The van der Waals surface area contributed by atoms with E-state index < -0.39 is 0 Å². The number of nitrogens with zero attached hydrogens (tertiary/aromatic N) is 2. The van der Waals surface area contributed by atoms with Gasteiger partial charge in [0.25, 0.3) is 0 Å². The molecule has 1 amide bonds. The van der Waals surface area contributed by atoms with Crippen molar-refractivity contribution in [2.45, 2.75) is 32.6 Å². The average Bonchev–Trinajstić information content (AvgIpc) is 2.85. The van der Waals surface area contributed by atoms with Crippen LogP contribution in [0.1, 0.15) is 32.6 Å². The summed E-state index contributed by atoms with van der Waals surface area (Å²) in [6.07, 6.45) is 5.37. The van der Waals surface area contributed by atoms with Gasteiger partial charge in [-0.05, 0) is 25.2 Å². The van der Waals surface area contributed by atoms with E-state index in [4.69, 9.17) is 0 Å². The molecule has 0 unspecified atom stereocenters. The zero-order valence-electron chi connectivity index (χ0n) is 11.4. The van der Waals surface area contributed by atoms with Crippen LogP contribution in [0.4, 0.5) is 0 Å². The number of rotatable bonds is 3. The van der Waals surface area contributed by atoms with Gasteiger partial charge < -0.3 is 10.2 Å². The summed E-state index contributed by atoms with van der Waals surface area (Å²) in [5.41, 5.74) is 0.472. The Morgan fingerprint density at radius 2 is 2.22 bits per heavy atom. The number of hydrogen-bond donors (Lipinski definition) is 1. The maximum atomic E-state index is 11.7. The lowest BCUT2D eigenvalue weighted by Crippen LogP contribution is -2.39. The van der Waals surface area contributed by atoms with Crippen molar-refractivity contribution in [1.29, 1.82) is 0 Å². The van der Waals surface area contributed by atoms with E-state index in [0.717, 1.165) is 24.0 Å². The molecule has 18 heavy (non-hydrogen) atoms. The Bertz CT molecular complexity index is 337. The van der Waals surface area contributed by atoms with Crippen molar-refractivity contribution >= 4 is 22.8 Å². The summed E-state index contributed by atoms with van der Waals surface area (Å²) in [7, 11) is 1.83. The average molecular weight is 269 g/mol. The molecule has 1 spiro atoms. The quantitative estimate of drug-likeness (QED) is 0.848. The van der Waals surface area contributed by atoms with E-state index in [-0.39, 0.29) is 5.91 Å². The minimum Gasteiger partial charge on any atom is -0.356 e. The van der Waals surface area contributed by atoms with E-state index in [2.05, 4.69) is 10.3 Å². The van der Waals surface area contributed by atoms with Crippen LogP contribution in [0.15, 0.2) is 4.99 Å². The summed E-state index contributed by atoms with van der Waals surface area (Å²) in [5.74, 6) is 1.29.